The number of hydrogen-bond acceptors (Lipinski definition) is 4. The van der Waals surface area contributed by atoms with Gasteiger partial charge in [-0.2, -0.15) is 0 Å². The van der Waals surface area contributed by atoms with Gasteiger partial charge >= 0.3 is 5.97 Å². The molecular weight excluding hydrogens is 184 g/mol. The second-order valence-corrected chi connectivity index (χ2v) is 3.09. The third-order valence-electron chi connectivity index (χ3n) is 1.68. The first kappa shape index (κ1) is 13.4. The van der Waals surface area contributed by atoms with Crippen molar-refractivity contribution in [1.29, 1.82) is 0 Å². The van der Waals surface area contributed by atoms with Crippen LogP contribution in [0.2, 0.25) is 0 Å². The van der Waals surface area contributed by atoms with E-state index in [9.17, 15) is 9.90 Å². The highest BCUT2D eigenvalue weighted by atomic mass is 16.5. The molecule has 4 nitrogen and oxygen atoms in total. The van der Waals surface area contributed by atoms with Crippen molar-refractivity contribution in [2.45, 2.75) is 39.2 Å². The third kappa shape index (κ3) is 8.01. The van der Waals surface area contributed by atoms with Crippen molar-refractivity contribution in [3.8, 4) is 0 Å². The Morgan fingerprint density at radius 1 is 1.43 bits per heavy atom. The van der Waals surface area contributed by atoms with E-state index in [2.05, 4.69) is 0 Å². The first-order chi connectivity index (χ1) is 6.70. The molecule has 14 heavy (non-hydrogen) atoms. The maximum atomic E-state index is 11.1. The van der Waals surface area contributed by atoms with Crippen LogP contribution in [0.3, 0.4) is 0 Å². The van der Waals surface area contributed by atoms with E-state index >= 15 is 0 Å². The Labute approximate surface area is 85.2 Å². The first-order valence-electron chi connectivity index (χ1n) is 5.12. The predicted octanol–water partition coefficient (Wildman–Crippen LogP) is 1.12. The number of carbonyl (C=O) groups is 1. The summed E-state index contributed by atoms with van der Waals surface area (Å²) in [6.07, 6.45) is 1.13. The third-order valence-corrected chi connectivity index (χ3v) is 1.68. The molecule has 0 heterocycles. The minimum Gasteiger partial charge on any atom is -0.466 e. The zero-order chi connectivity index (χ0) is 10.8. The number of aliphatic hydroxyl groups excluding tert-OH is 1. The molecular formula is C10H20O4. The van der Waals surface area contributed by atoms with Crippen LogP contribution in [-0.4, -0.2) is 37.0 Å². The summed E-state index contributed by atoms with van der Waals surface area (Å²) in [6.45, 7) is 5.04. The molecule has 0 aromatic carbocycles. The summed E-state index contributed by atoms with van der Waals surface area (Å²) in [4.78, 5) is 11.1. The summed E-state index contributed by atoms with van der Waals surface area (Å²) in [7, 11) is 0. The van der Waals surface area contributed by atoms with Gasteiger partial charge in [0.15, 0.2) is 0 Å². The van der Waals surface area contributed by atoms with Crippen LogP contribution in [0.15, 0.2) is 0 Å². The fourth-order valence-electron chi connectivity index (χ4n) is 0.894. The van der Waals surface area contributed by atoms with Crippen LogP contribution in [0.5, 0.6) is 0 Å². The Hall–Kier alpha value is -0.610. The van der Waals surface area contributed by atoms with Gasteiger partial charge in [0.05, 0.1) is 25.7 Å². The molecule has 0 rings (SSSR count). The van der Waals surface area contributed by atoms with Gasteiger partial charge in [-0.3, -0.25) is 4.79 Å². The molecule has 1 unspecified atom stereocenters. The summed E-state index contributed by atoms with van der Waals surface area (Å²) in [6, 6.07) is 0. The van der Waals surface area contributed by atoms with E-state index in [1.54, 1.807) is 0 Å². The minimum atomic E-state index is -0.746. The van der Waals surface area contributed by atoms with Crippen molar-refractivity contribution < 1.29 is 19.4 Å². The number of esters is 1. The average Bonchev–Trinajstić information content (AvgIpc) is 2.15. The largest absolute Gasteiger partial charge is 0.466 e. The number of hydrogen-bond donors (Lipinski definition) is 1. The van der Waals surface area contributed by atoms with Crippen molar-refractivity contribution >= 4 is 5.97 Å². The Balaban J connectivity index is 3.40. The minimum absolute atomic E-state index is 0.0176. The fraction of sp³-hybridized carbons (Fsp3) is 0.900. The molecule has 0 saturated carbocycles. The molecule has 0 spiro atoms. The van der Waals surface area contributed by atoms with E-state index in [1.807, 2.05) is 13.8 Å². The quantitative estimate of drug-likeness (QED) is 0.475. The second kappa shape index (κ2) is 8.97. The first-order valence-corrected chi connectivity index (χ1v) is 5.12. The number of unbranched alkanes of at least 4 members (excludes halogenated alkanes) is 1. The van der Waals surface area contributed by atoms with E-state index in [0.29, 0.717) is 13.2 Å². The SMILES string of the molecule is CCCCOC(=O)CC(O)COCC. The highest BCUT2D eigenvalue weighted by molar-refractivity contribution is 5.69. The molecule has 0 aliphatic rings. The lowest BCUT2D eigenvalue weighted by molar-refractivity contribution is -0.146. The molecule has 0 fully saturated rings. The monoisotopic (exact) mass is 204 g/mol. The van der Waals surface area contributed by atoms with E-state index in [0.717, 1.165) is 12.8 Å². The topological polar surface area (TPSA) is 55.8 Å². The van der Waals surface area contributed by atoms with E-state index < -0.39 is 6.10 Å². The average molecular weight is 204 g/mol. The molecule has 4 heteroatoms. The van der Waals surface area contributed by atoms with Crippen LogP contribution in [0, 0.1) is 0 Å². The van der Waals surface area contributed by atoms with Crippen LogP contribution in [0.4, 0.5) is 0 Å². The van der Waals surface area contributed by atoms with Gasteiger partial charge in [-0.25, -0.2) is 0 Å². The molecule has 84 valence electrons. The summed E-state index contributed by atoms with van der Waals surface area (Å²) in [5.41, 5.74) is 0. The van der Waals surface area contributed by atoms with Gasteiger partial charge < -0.3 is 14.6 Å². The van der Waals surface area contributed by atoms with Crippen LogP contribution < -0.4 is 0 Å². The molecule has 0 saturated heterocycles. The van der Waals surface area contributed by atoms with E-state index in [1.165, 1.54) is 0 Å². The predicted molar refractivity (Wildman–Crippen MR) is 53.0 cm³/mol. The Morgan fingerprint density at radius 2 is 2.14 bits per heavy atom. The second-order valence-electron chi connectivity index (χ2n) is 3.09. The number of carbonyl (C=O) groups excluding carboxylic acids is 1. The van der Waals surface area contributed by atoms with Crippen LogP contribution in [0.25, 0.3) is 0 Å². The van der Waals surface area contributed by atoms with Crippen molar-refractivity contribution in [3.05, 3.63) is 0 Å². The molecule has 0 aliphatic carbocycles. The summed E-state index contributed by atoms with van der Waals surface area (Å²) < 4.78 is 9.84. The Morgan fingerprint density at radius 3 is 2.71 bits per heavy atom. The molecule has 0 amide bonds. The van der Waals surface area contributed by atoms with Gasteiger partial charge in [-0.1, -0.05) is 13.3 Å². The van der Waals surface area contributed by atoms with E-state index in [4.69, 9.17) is 9.47 Å². The summed E-state index contributed by atoms with van der Waals surface area (Å²) in [5.74, 6) is -0.356. The number of ether oxygens (including phenoxy) is 2. The lowest BCUT2D eigenvalue weighted by atomic mass is 10.3. The van der Waals surface area contributed by atoms with Crippen molar-refractivity contribution in [1.82, 2.24) is 0 Å². The van der Waals surface area contributed by atoms with Crippen LogP contribution in [-0.2, 0) is 14.3 Å². The van der Waals surface area contributed by atoms with Gasteiger partial charge in [0.25, 0.3) is 0 Å². The number of rotatable bonds is 8. The molecule has 0 aromatic rings. The molecule has 1 atom stereocenters. The van der Waals surface area contributed by atoms with Crippen molar-refractivity contribution in [2.24, 2.45) is 0 Å². The molecule has 1 N–H and O–H groups in total. The van der Waals surface area contributed by atoms with Gasteiger partial charge in [0.2, 0.25) is 0 Å². The van der Waals surface area contributed by atoms with Crippen molar-refractivity contribution in [3.63, 3.8) is 0 Å². The Kier molecular flexibility index (Phi) is 8.57. The van der Waals surface area contributed by atoms with E-state index in [-0.39, 0.29) is 19.0 Å². The normalized spacial score (nSPS) is 12.5. The van der Waals surface area contributed by atoms with Crippen LogP contribution >= 0.6 is 0 Å². The Bertz CT molecular complexity index is 147. The number of aliphatic hydroxyl groups is 1. The smallest absolute Gasteiger partial charge is 0.308 e. The lowest BCUT2D eigenvalue weighted by Crippen LogP contribution is -2.21. The molecule has 0 bridgehead atoms. The summed E-state index contributed by atoms with van der Waals surface area (Å²) in [5, 5.41) is 9.28. The van der Waals surface area contributed by atoms with Gasteiger partial charge in [-0.05, 0) is 13.3 Å². The lowest BCUT2D eigenvalue weighted by Gasteiger charge is -2.09. The molecule has 0 aliphatic heterocycles. The molecule has 0 aromatic heterocycles. The maximum absolute atomic E-state index is 11.1. The zero-order valence-corrected chi connectivity index (χ0v) is 8.99. The maximum Gasteiger partial charge on any atom is 0.308 e. The van der Waals surface area contributed by atoms with Gasteiger partial charge in [0, 0.05) is 6.61 Å². The molecule has 0 radical (unpaired) electrons. The summed E-state index contributed by atoms with van der Waals surface area (Å²) >= 11 is 0. The van der Waals surface area contributed by atoms with Gasteiger partial charge in [0.1, 0.15) is 0 Å². The zero-order valence-electron chi connectivity index (χ0n) is 8.99. The highest BCUT2D eigenvalue weighted by Gasteiger charge is 2.11. The van der Waals surface area contributed by atoms with Gasteiger partial charge in [-0.15, -0.1) is 0 Å². The fourth-order valence-corrected chi connectivity index (χ4v) is 0.894. The van der Waals surface area contributed by atoms with Crippen molar-refractivity contribution in [2.75, 3.05) is 19.8 Å². The standard InChI is InChI=1S/C10H20O4/c1-3-5-6-14-10(12)7-9(11)8-13-4-2/h9,11H,3-8H2,1-2H3. The van der Waals surface area contributed by atoms with Crippen LogP contribution in [0.1, 0.15) is 33.1 Å². The highest BCUT2D eigenvalue weighted by Crippen LogP contribution is 1.97.